The Morgan fingerprint density at radius 1 is 1.39 bits per heavy atom. The third-order valence-electron chi connectivity index (χ3n) is 4.71. The summed E-state index contributed by atoms with van der Waals surface area (Å²) in [7, 11) is 0. The maximum Gasteiger partial charge on any atom is 0.226 e. The molecule has 0 spiro atoms. The first-order chi connectivity index (χ1) is 11.2. The number of morpholine rings is 1. The highest BCUT2D eigenvalue weighted by atomic mass is 32.1. The second-order valence-corrected chi connectivity index (χ2v) is 7.72. The molecule has 23 heavy (non-hydrogen) atoms. The molecular weight excluding hydrogens is 312 g/mol. The summed E-state index contributed by atoms with van der Waals surface area (Å²) in [5, 5.41) is 9.29. The fourth-order valence-electron chi connectivity index (χ4n) is 3.21. The van der Waals surface area contributed by atoms with Crippen LogP contribution in [0.25, 0.3) is 0 Å². The van der Waals surface area contributed by atoms with Crippen LogP contribution < -0.4 is 0 Å². The monoisotopic (exact) mass is 338 g/mol. The second-order valence-electron chi connectivity index (χ2n) is 6.40. The minimum absolute atomic E-state index is 0.0321. The highest BCUT2D eigenvalue weighted by Crippen LogP contribution is 2.50. The lowest BCUT2D eigenvalue weighted by atomic mass is 10.2. The summed E-state index contributed by atoms with van der Waals surface area (Å²) in [6, 6.07) is 4.28. The highest BCUT2D eigenvalue weighted by molar-refractivity contribution is 7.12. The maximum absolute atomic E-state index is 12.7. The van der Waals surface area contributed by atoms with Gasteiger partial charge in [-0.3, -0.25) is 9.69 Å². The van der Waals surface area contributed by atoms with E-state index in [0.29, 0.717) is 19.0 Å². The lowest BCUT2D eigenvalue weighted by Gasteiger charge is -2.30. The van der Waals surface area contributed by atoms with Crippen molar-refractivity contribution in [3.63, 3.8) is 0 Å². The van der Waals surface area contributed by atoms with Gasteiger partial charge in [0.1, 0.15) is 0 Å². The average Bonchev–Trinajstić information content (AvgIpc) is 3.26. The second kappa shape index (κ2) is 7.75. The molecule has 1 saturated carbocycles. The van der Waals surface area contributed by atoms with Crippen molar-refractivity contribution in [2.24, 2.45) is 5.92 Å². The van der Waals surface area contributed by atoms with E-state index in [0.717, 1.165) is 39.3 Å². The van der Waals surface area contributed by atoms with Crippen LogP contribution in [0.15, 0.2) is 12.1 Å². The number of ether oxygens (including phenoxy) is 1. The summed E-state index contributed by atoms with van der Waals surface area (Å²) in [6.45, 7) is 7.56. The molecule has 128 valence electrons. The summed E-state index contributed by atoms with van der Waals surface area (Å²) in [6.07, 6.45) is 0.957. The topological polar surface area (TPSA) is 53.0 Å². The van der Waals surface area contributed by atoms with Crippen molar-refractivity contribution in [2.75, 3.05) is 52.5 Å². The largest absolute Gasteiger partial charge is 0.395 e. The van der Waals surface area contributed by atoms with E-state index in [-0.39, 0.29) is 18.4 Å². The Kier molecular flexibility index (Phi) is 5.69. The zero-order valence-electron chi connectivity index (χ0n) is 13.7. The van der Waals surface area contributed by atoms with Crippen LogP contribution in [0.2, 0.25) is 0 Å². The zero-order valence-corrected chi connectivity index (χ0v) is 14.6. The minimum Gasteiger partial charge on any atom is -0.395 e. The Morgan fingerprint density at radius 3 is 2.83 bits per heavy atom. The van der Waals surface area contributed by atoms with E-state index in [4.69, 9.17) is 4.74 Å². The molecule has 5 nitrogen and oxygen atoms in total. The molecule has 1 amide bonds. The third kappa shape index (κ3) is 4.32. The van der Waals surface area contributed by atoms with Crippen LogP contribution in [0.5, 0.6) is 0 Å². The molecule has 2 aliphatic rings. The summed E-state index contributed by atoms with van der Waals surface area (Å²) >= 11 is 1.80. The fourth-order valence-corrected chi connectivity index (χ4v) is 4.27. The number of hydrogen-bond acceptors (Lipinski definition) is 5. The Bertz CT molecular complexity index is 528. The van der Waals surface area contributed by atoms with Crippen molar-refractivity contribution in [1.29, 1.82) is 0 Å². The quantitative estimate of drug-likeness (QED) is 0.815. The van der Waals surface area contributed by atoms with Gasteiger partial charge in [0.2, 0.25) is 5.91 Å². The molecule has 1 aliphatic carbocycles. The minimum atomic E-state index is 0.0321. The van der Waals surface area contributed by atoms with Gasteiger partial charge in [-0.05, 0) is 25.5 Å². The van der Waals surface area contributed by atoms with Crippen molar-refractivity contribution in [3.8, 4) is 0 Å². The third-order valence-corrected chi connectivity index (χ3v) is 5.84. The molecule has 2 atom stereocenters. The van der Waals surface area contributed by atoms with E-state index in [1.54, 1.807) is 11.3 Å². The van der Waals surface area contributed by atoms with E-state index in [2.05, 4.69) is 24.0 Å². The van der Waals surface area contributed by atoms with Gasteiger partial charge >= 0.3 is 0 Å². The first kappa shape index (κ1) is 16.9. The number of carbonyl (C=O) groups is 1. The number of hydrogen-bond donors (Lipinski definition) is 1. The van der Waals surface area contributed by atoms with Crippen molar-refractivity contribution in [3.05, 3.63) is 21.9 Å². The SMILES string of the molecule is Cc1ccc(C2CC2C(=O)N(CCO)CCN2CCOCC2)s1. The van der Waals surface area contributed by atoms with Gasteiger partial charge in [0, 0.05) is 54.3 Å². The number of carbonyl (C=O) groups excluding carboxylic acids is 1. The number of aliphatic hydroxyl groups is 1. The van der Waals surface area contributed by atoms with Crippen LogP contribution >= 0.6 is 11.3 Å². The van der Waals surface area contributed by atoms with Crippen molar-refractivity contribution in [1.82, 2.24) is 9.80 Å². The molecule has 1 aromatic heterocycles. The Morgan fingerprint density at radius 2 is 2.17 bits per heavy atom. The van der Waals surface area contributed by atoms with Crippen LogP contribution in [0.4, 0.5) is 0 Å². The molecule has 6 heteroatoms. The molecule has 1 N–H and O–H groups in total. The Labute approximate surface area is 141 Å². The zero-order chi connectivity index (χ0) is 16.2. The molecule has 0 bridgehead atoms. The predicted octanol–water partition coefficient (Wildman–Crippen LogP) is 1.31. The standard InChI is InChI=1S/C17H26N2O3S/c1-13-2-3-16(23-13)14-12-15(14)17(21)19(6-9-20)5-4-18-7-10-22-11-8-18/h2-3,14-15,20H,4-12H2,1H3. The number of nitrogens with zero attached hydrogens (tertiary/aromatic N) is 2. The van der Waals surface area contributed by atoms with Crippen LogP contribution in [0.1, 0.15) is 22.1 Å². The van der Waals surface area contributed by atoms with Crippen LogP contribution in [-0.4, -0.2) is 73.4 Å². The first-order valence-electron chi connectivity index (χ1n) is 8.45. The molecular formula is C17H26N2O3S. The summed E-state index contributed by atoms with van der Waals surface area (Å²) in [5.74, 6) is 0.721. The average molecular weight is 338 g/mol. The van der Waals surface area contributed by atoms with E-state index in [9.17, 15) is 9.90 Å². The van der Waals surface area contributed by atoms with Crippen molar-refractivity contribution < 1.29 is 14.6 Å². The lowest BCUT2D eigenvalue weighted by Crippen LogP contribution is -2.44. The summed E-state index contributed by atoms with van der Waals surface area (Å²) < 4.78 is 5.35. The Hall–Kier alpha value is -0.950. The molecule has 1 aromatic rings. The van der Waals surface area contributed by atoms with Crippen molar-refractivity contribution in [2.45, 2.75) is 19.3 Å². The molecule has 3 rings (SSSR count). The van der Waals surface area contributed by atoms with E-state index < -0.39 is 0 Å². The molecule has 1 aliphatic heterocycles. The van der Waals surface area contributed by atoms with Gasteiger partial charge in [-0.15, -0.1) is 11.3 Å². The van der Waals surface area contributed by atoms with Gasteiger partial charge in [0.25, 0.3) is 0 Å². The number of rotatable bonds is 7. The summed E-state index contributed by atoms with van der Waals surface area (Å²) in [4.78, 5) is 19.5. The normalized spacial score (nSPS) is 24.6. The first-order valence-corrected chi connectivity index (χ1v) is 9.27. The molecule has 2 heterocycles. The predicted molar refractivity (Wildman–Crippen MR) is 90.8 cm³/mol. The molecule has 0 radical (unpaired) electrons. The van der Waals surface area contributed by atoms with E-state index in [1.807, 2.05) is 4.90 Å². The maximum atomic E-state index is 12.7. The van der Waals surface area contributed by atoms with Crippen LogP contribution in [0.3, 0.4) is 0 Å². The van der Waals surface area contributed by atoms with E-state index in [1.165, 1.54) is 9.75 Å². The smallest absolute Gasteiger partial charge is 0.226 e. The van der Waals surface area contributed by atoms with Crippen LogP contribution in [0, 0.1) is 12.8 Å². The van der Waals surface area contributed by atoms with Gasteiger partial charge < -0.3 is 14.7 Å². The van der Waals surface area contributed by atoms with Crippen molar-refractivity contribution >= 4 is 17.2 Å². The number of amides is 1. The lowest BCUT2D eigenvalue weighted by molar-refractivity contribution is -0.133. The van der Waals surface area contributed by atoms with Gasteiger partial charge in [0.05, 0.1) is 19.8 Å². The molecule has 0 aromatic carbocycles. The molecule has 2 fully saturated rings. The highest BCUT2D eigenvalue weighted by Gasteiger charge is 2.46. The molecule has 1 saturated heterocycles. The number of aryl methyl sites for hydroxylation is 1. The summed E-state index contributed by atoms with van der Waals surface area (Å²) in [5.41, 5.74) is 0. The number of aliphatic hydroxyl groups excluding tert-OH is 1. The van der Waals surface area contributed by atoms with E-state index >= 15 is 0 Å². The van der Waals surface area contributed by atoms with Gasteiger partial charge in [-0.1, -0.05) is 0 Å². The molecule has 2 unspecified atom stereocenters. The van der Waals surface area contributed by atoms with Gasteiger partial charge in [-0.2, -0.15) is 0 Å². The van der Waals surface area contributed by atoms with Gasteiger partial charge in [0.15, 0.2) is 0 Å². The van der Waals surface area contributed by atoms with Gasteiger partial charge in [-0.25, -0.2) is 0 Å². The number of thiophene rings is 1. The van der Waals surface area contributed by atoms with Crippen LogP contribution in [-0.2, 0) is 9.53 Å². The Balaban J connectivity index is 1.52. The fraction of sp³-hybridized carbons (Fsp3) is 0.706.